The predicted octanol–water partition coefficient (Wildman–Crippen LogP) is 3.65. The van der Waals surface area contributed by atoms with Gasteiger partial charge in [0.1, 0.15) is 24.0 Å². The number of aryl methyl sites for hydroxylation is 1. The average Bonchev–Trinajstić information content (AvgIpc) is 2.41. The molecule has 0 bridgehead atoms. The number of nitrogens with one attached hydrogen (secondary N) is 1. The first-order valence-electron chi connectivity index (χ1n) is 6.00. The van der Waals surface area contributed by atoms with Crippen molar-refractivity contribution >= 4 is 17.4 Å². The molecule has 20 heavy (non-hydrogen) atoms. The molecule has 0 aliphatic rings. The van der Waals surface area contributed by atoms with Crippen molar-refractivity contribution < 1.29 is 9.13 Å². The minimum atomic E-state index is -0.528. The summed E-state index contributed by atoms with van der Waals surface area (Å²) in [6.07, 6.45) is 0. The zero-order valence-electron chi connectivity index (χ0n) is 10.9. The maximum Gasteiger partial charge on any atom is 0.140 e. The van der Waals surface area contributed by atoms with Crippen molar-refractivity contribution in [1.82, 2.24) is 0 Å². The maximum atomic E-state index is 14.1. The van der Waals surface area contributed by atoms with E-state index in [1.54, 1.807) is 24.3 Å². The average molecular weight is 293 g/mol. The zero-order valence-corrected chi connectivity index (χ0v) is 11.7. The van der Waals surface area contributed by atoms with Crippen LogP contribution < -0.4 is 10.5 Å². The SMILES string of the molecule is Cc1ccc(Cl)cc1OCc1cccc(C(=N)N)c1F. The summed E-state index contributed by atoms with van der Waals surface area (Å²) in [6.45, 7) is 1.93. The van der Waals surface area contributed by atoms with Crippen LogP contribution in [-0.4, -0.2) is 5.84 Å². The molecule has 0 heterocycles. The van der Waals surface area contributed by atoms with Crippen molar-refractivity contribution in [3.63, 3.8) is 0 Å². The van der Waals surface area contributed by atoms with Crippen LogP contribution in [0, 0.1) is 18.2 Å². The van der Waals surface area contributed by atoms with Gasteiger partial charge in [-0.2, -0.15) is 0 Å². The largest absolute Gasteiger partial charge is 0.488 e. The first-order valence-corrected chi connectivity index (χ1v) is 6.37. The number of nitrogens with two attached hydrogens (primary N) is 1. The number of hydrogen-bond acceptors (Lipinski definition) is 2. The molecule has 0 amide bonds. The lowest BCUT2D eigenvalue weighted by atomic mass is 10.1. The Balaban J connectivity index is 2.21. The fraction of sp³-hybridized carbons (Fsp3) is 0.133. The van der Waals surface area contributed by atoms with Gasteiger partial charge in [0.05, 0.1) is 5.56 Å². The van der Waals surface area contributed by atoms with E-state index in [1.165, 1.54) is 6.07 Å². The standard InChI is InChI=1S/C15H14ClFN2O/c1-9-5-6-11(16)7-13(9)20-8-10-3-2-4-12(14(10)17)15(18)19/h2-7H,8H2,1H3,(H3,18,19). The molecule has 0 aliphatic heterocycles. The second-order valence-electron chi connectivity index (χ2n) is 4.39. The van der Waals surface area contributed by atoms with Crippen LogP contribution in [0.1, 0.15) is 16.7 Å². The quantitative estimate of drug-likeness (QED) is 0.667. The van der Waals surface area contributed by atoms with Crippen LogP contribution in [-0.2, 0) is 6.61 Å². The lowest BCUT2D eigenvalue weighted by Gasteiger charge is -2.11. The molecule has 0 aliphatic carbocycles. The highest BCUT2D eigenvalue weighted by atomic mass is 35.5. The maximum absolute atomic E-state index is 14.1. The Labute approximate surface area is 121 Å². The lowest BCUT2D eigenvalue weighted by molar-refractivity contribution is 0.298. The first kappa shape index (κ1) is 14.3. The molecular weight excluding hydrogens is 279 g/mol. The Hall–Kier alpha value is -2.07. The molecule has 104 valence electrons. The van der Waals surface area contributed by atoms with Gasteiger partial charge in [0.25, 0.3) is 0 Å². The molecule has 2 aromatic rings. The molecule has 2 rings (SSSR count). The first-order chi connectivity index (χ1) is 9.49. The highest BCUT2D eigenvalue weighted by Crippen LogP contribution is 2.24. The van der Waals surface area contributed by atoms with Crippen LogP contribution in [0.15, 0.2) is 36.4 Å². The number of hydrogen-bond donors (Lipinski definition) is 2. The van der Waals surface area contributed by atoms with E-state index in [4.69, 9.17) is 27.5 Å². The van der Waals surface area contributed by atoms with E-state index in [-0.39, 0.29) is 18.0 Å². The van der Waals surface area contributed by atoms with E-state index in [0.717, 1.165) is 5.56 Å². The van der Waals surface area contributed by atoms with Crippen LogP contribution >= 0.6 is 11.6 Å². The molecule has 3 N–H and O–H groups in total. The third-order valence-corrected chi connectivity index (χ3v) is 3.14. The van der Waals surface area contributed by atoms with Crippen LogP contribution in [0.5, 0.6) is 5.75 Å². The topological polar surface area (TPSA) is 59.1 Å². The molecule has 0 spiro atoms. The Bertz CT molecular complexity index is 658. The van der Waals surface area contributed by atoms with Gasteiger partial charge in [0.15, 0.2) is 0 Å². The summed E-state index contributed by atoms with van der Waals surface area (Å²) in [5.74, 6) is -0.229. The molecule has 0 aromatic heterocycles. The minimum Gasteiger partial charge on any atom is -0.488 e. The minimum absolute atomic E-state index is 0.0497. The Kier molecular flexibility index (Phi) is 4.25. The Morgan fingerprint density at radius 2 is 2.10 bits per heavy atom. The lowest BCUT2D eigenvalue weighted by Crippen LogP contribution is -2.14. The molecule has 3 nitrogen and oxygen atoms in total. The fourth-order valence-electron chi connectivity index (χ4n) is 1.78. The smallest absolute Gasteiger partial charge is 0.140 e. The molecular formula is C15H14ClFN2O. The number of ether oxygens (including phenoxy) is 1. The van der Waals surface area contributed by atoms with Gasteiger partial charge in [-0.05, 0) is 30.7 Å². The Morgan fingerprint density at radius 3 is 2.80 bits per heavy atom. The fourth-order valence-corrected chi connectivity index (χ4v) is 1.95. The van der Waals surface area contributed by atoms with Crippen molar-refractivity contribution in [2.45, 2.75) is 13.5 Å². The van der Waals surface area contributed by atoms with Crippen LogP contribution in [0.25, 0.3) is 0 Å². The molecule has 0 radical (unpaired) electrons. The van der Waals surface area contributed by atoms with Crippen LogP contribution in [0.4, 0.5) is 4.39 Å². The monoisotopic (exact) mass is 292 g/mol. The van der Waals surface area contributed by atoms with E-state index in [9.17, 15) is 4.39 Å². The number of amidine groups is 1. The van der Waals surface area contributed by atoms with E-state index in [1.807, 2.05) is 13.0 Å². The number of rotatable bonds is 4. The summed E-state index contributed by atoms with van der Waals surface area (Å²) in [4.78, 5) is 0. The van der Waals surface area contributed by atoms with E-state index >= 15 is 0 Å². The van der Waals surface area contributed by atoms with Crippen molar-refractivity contribution in [1.29, 1.82) is 5.41 Å². The van der Waals surface area contributed by atoms with Gasteiger partial charge >= 0.3 is 0 Å². The van der Waals surface area contributed by atoms with Gasteiger partial charge < -0.3 is 10.5 Å². The zero-order chi connectivity index (χ0) is 14.7. The number of benzene rings is 2. The van der Waals surface area contributed by atoms with E-state index < -0.39 is 5.82 Å². The second kappa shape index (κ2) is 5.92. The third-order valence-electron chi connectivity index (χ3n) is 2.90. The van der Waals surface area contributed by atoms with E-state index in [0.29, 0.717) is 16.3 Å². The highest BCUT2D eigenvalue weighted by Gasteiger charge is 2.11. The number of halogens is 2. The van der Waals surface area contributed by atoms with Gasteiger partial charge in [0, 0.05) is 10.6 Å². The summed E-state index contributed by atoms with van der Waals surface area (Å²) < 4.78 is 19.7. The van der Waals surface area contributed by atoms with Crippen molar-refractivity contribution in [3.05, 3.63) is 63.9 Å². The summed E-state index contributed by atoms with van der Waals surface area (Å²) in [5.41, 5.74) is 6.66. The number of nitrogen functional groups attached to an aromatic ring is 1. The normalized spacial score (nSPS) is 10.3. The van der Waals surface area contributed by atoms with Crippen molar-refractivity contribution in [2.24, 2.45) is 5.73 Å². The van der Waals surface area contributed by atoms with Crippen molar-refractivity contribution in [3.8, 4) is 5.75 Å². The van der Waals surface area contributed by atoms with Gasteiger partial charge in [-0.1, -0.05) is 29.8 Å². The predicted molar refractivity (Wildman–Crippen MR) is 77.9 cm³/mol. The Morgan fingerprint density at radius 1 is 1.35 bits per heavy atom. The molecule has 0 saturated carbocycles. The molecule has 2 aromatic carbocycles. The van der Waals surface area contributed by atoms with Gasteiger partial charge in [0.2, 0.25) is 0 Å². The molecule has 5 heteroatoms. The van der Waals surface area contributed by atoms with Crippen molar-refractivity contribution in [2.75, 3.05) is 0 Å². The summed E-state index contributed by atoms with van der Waals surface area (Å²) >= 11 is 5.90. The van der Waals surface area contributed by atoms with Gasteiger partial charge in [-0.15, -0.1) is 0 Å². The van der Waals surface area contributed by atoms with Crippen LogP contribution in [0.2, 0.25) is 5.02 Å². The highest BCUT2D eigenvalue weighted by molar-refractivity contribution is 6.30. The molecule has 0 saturated heterocycles. The molecule has 0 unspecified atom stereocenters. The summed E-state index contributed by atoms with van der Waals surface area (Å²) in [6, 6.07) is 9.99. The van der Waals surface area contributed by atoms with E-state index in [2.05, 4.69) is 0 Å². The summed E-state index contributed by atoms with van der Waals surface area (Å²) in [5, 5.41) is 7.87. The second-order valence-corrected chi connectivity index (χ2v) is 4.83. The molecule has 0 atom stereocenters. The van der Waals surface area contributed by atoms with Crippen LogP contribution in [0.3, 0.4) is 0 Å². The molecule has 0 fully saturated rings. The van der Waals surface area contributed by atoms with Gasteiger partial charge in [-0.25, -0.2) is 4.39 Å². The van der Waals surface area contributed by atoms with Gasteiger partial charge in [-0.3, -0.25) is 5.41 Å². The third kappa shape index (κ3) is 3.08. The summed E-state index contributed by atoms with van der Waals surface area (Å²) in [7, 11) is 0.